The molecular weight excluding hydrogens is 467 g/mol. The van der Waals surface area contributed by atoms with Crippen molar-refractivity contribution >= 4 is 52.1 Å². The number of rotatable bonds is 3. The number of aryl methyl sites for hydroxylation is 1. The summed E-state index contributed by atoms with van der Waals surface area (Å²) in [5.41, 5.74) is 6.76. The summed E-state index contributed by atoms with van der Waals surface area (Å²) in [6.45, 7) is 1.75. The predicted octanol–water partition coefficient (Wildman–Crippen LogP) is 6.03. The first-order chi connectivity index (χ1) is 15.5. The third kappa shape index (κ3) is 4.24. The third-order valence-corrected chi connectivity index (χ3v) is 7.37. The predicted molar refractivity (Wildman–Crippen MR) is 131 cm³/mol. The van der Waals surface area contributed by atoms with Crippen LogP contribution in [-0.4, -0.2) is 29.7 Å². The van der Waals surface area contributed by atoms with Crippen molar-refractivity contribution < 1.29 is 4.79 Å². The number of piperidine rings is 1. The van der Waals surface area contributed by atoms with Gasteiger partial charge in [-0.15, -0.1) is 0 Å². The molecule has 8 heteroatoms. The lowest BCUT2D eigenvalue weighted by Gasteiger charge is -2.29. The number of halogens is 3. The maximum absolute atomic E-state index is 13.4. The summed E-state index contributed by atoms with van der Waals surface area (Å²) in [7, 11) is 0. The second-order valence-corrected chi connectivity index (χ2v) is 9.98. The molecule has 0 bridgehead atoms. The fourth-order valence-electron chi connectivity index (χ4n) is 5.10. The molecule has 1 fully saturated rings. The Labute approximate surface area is 203 Å². The van der Waals surface area contributed by atoms with Crippen molar-refractivity contribution in [3.8, 4) is 0 Å². The fraction of sp³-hybridized carbons (Fsp3) is 0.417. The molecule has 3 aliphatic rings. The molecule has 0 saturated carbocycles. The average molecular weight is 492 g/mol. The molecule has 2 aliphatic heterocycles. The van der Waals surface area contributed by atoms with E-state index in [2.05, 4.69) is 11.5 Å². The van der Waals surface area contributed by atoms with Crippen LogP contribution in [0.3, 0.4) is 0 Å². The molecule has 0 radical (unpaired) electrons. The molecule has 0 aromatic heterocycles. The molecule has 5 rings (SSSR count). The summed E-state index contributed by atoms with van der Waals surface area (Å²) < 4.78 is 0. The fourth-order valence-corrected chi connectivity index (χ4v) is 5.79. The number of hydrogen-bond donors (Lipinski definition) is 1. The monoisotopic (exact) mass is 490 g/mol. The van der Waals surface area contributed by atoms with Crippen LogP contribution in [0.1, 0.15) is 49.3 Å². The van der Waals surface area contributed by atoms with E-state index in [9.17, 15) is 4.79 Å². The number of nitrogens with zero attached hydrogens (tertiary/aromatic N) is 3. The highest BCUT2D eigenvalue weighted by molar-refractivity contribution is 6.41. The van der Waals surface area contributed by atoms with Gasteiger partial charge in [0.15, 0.2) is 0 Å². The van der Waals surface area contributed by atoms with Gasteiger partial charge in [0.1, 0.15) is 5.71 Å². The Kier molecular flexibility index (Phi) is 6.35. The van der Waals surface area contributed by atoms with Crippen molar-refractivity contribution in [3.05, 3.63) is 62.6 Å². The lowest BCUT2D eigenvalue weighted by Crippen LogP contribution is -2.48. The second kappa shape index (κ2) is 9.22. The third-order valence-electron chi connectivity index (χ3n) is 6.60. The summed E-state index contributed by atoms with van der Waals surface area (Å²) in [5.74, 6) is -0.152. The zero-order valence-corrected chi connectivity index (χ0v) is 19.9. The van der Waals surface area contributed by atoms with Crippen molar-refractivity contribution in [3.63, 3.8) is 0 Å². The Hall–Kier alpha value is -1.79. The minimum Gasteiger partial charge on any atom is -0.284 e. The van der Waals surface area contributed by atoms with E-state index in [4.69, 9.17) is 39.9 Å². The number of fused-ring (bicyclic) bond motifs is 3. The molecule has 5 nitrogen and oxygen atoms in total. The summed E-state index contributed by atoms with van der Waals surface area (Å²) >= 11 is 19.1. The standard InChI is InChI=1S/C24H25Cl3N4O/c25-16-7-9-18-15(13-16)5-4-6-19-22(24(32)29-30-11-2-1-3-12-30)28-31(23(18)19)21-10-8-17(26)14-20(21)27/h7-10,13-14,19,23H,1-6,11-12H2,(H,29,32). The number of hydrazone groups is 1. The van der Waals surface area contributed by atoms with Crippen LogP contribution >= 0.6 is 34.8 Å². The number of carbonyl (C=O) groups is 1. The largest absolute Gasteiger partial charge is 0.284 e. The Morgan fingerprint density at radius 1 is 0.969 bits per heavy atom. The van der Waals surface area contributed by atoms with E-state index in [1.165, 1.54) is 12.0 Å². The van der Waals surface area contributed by atoms with Gasteiger partial charge in [-0.2, -0.15) is 5.10 Å². The van der Waals surface area contributed by atoms with Gasteiger partial charge in [-0.05, 0) is 73.6 Å². The van der Waals surface area contributed by atoms with Gasteiger partial charge in [0.05, 0.1) is 16.8 Å². The van der Waals surface area contributed by atoms with E-state index in [-0.39, 0.29) is 17.9 Å². The lowest BCUT2D eigenvalue weighted by atomic mass is 9.87. The van der Waals surface area contributed by atoms with Crippen LogP contribution in [0.4, 0.5) is 5.69 Å². The normalized spacial score (nSPS) is 23.2. The maximum atomic E-state index is 13.4. The van der Waals surface area contributed by atoms with Crippen molar-refractivity contribution in [2.24, 2.45) is 11.0 Å². The van der Waals surface area contributed by atoms with Gasteiger partial charge in [-0.1, -0.05) is 47.3 Å². The van der Waals surface area contributed by atoms with E-state index in [1.807, 2.05) is 28.2 Å². The highest BCUT2D eigenvalue weighted by Gasteiger charge is 2.44. The first-order valence-electron chi connectivity index (χ1n) is 11.2. The number of hydrazine groups is 1. The average Bonchev–Trinajstić information content (AvgIpc) is 3.03. The number of carbonyl (C=O) groups excluding carboxylic acids is 1. The summed E-state index contributed by atoms with van der Waals surface area (Å²) in [5, 5.41) is 10.6. The van der Waals surface area contributed by atoms with E-state index < -0.39 is 0 Å². The lowest BCUT2D eigenvalue weighted by molar-refractivity contribution is -0.120. The maximum Gasteiger partial charge on any atom is 0.282 e. The van der Waals surface area contributed by atoms with E-state index in [1.54, 1.807) is 12.1 Å². The molecule has 2 atom stereocenters. The molecule has 1 aliphatic carbocycles. The van der Waals surface area contributed by atoms with Crippen LogP contribution in [0.25, 0.3) is 0 Å². The Bertz CT molecular complexity index is 1070. The minimum atomic E-state index is -0.120. The molecule has 32 heavy (non-hydrogen) atoms. The van der Waals surface area contributed by atoms with Crippen molar-refractivity contribution in [2.45, 2.75) is 44.6 Å². The highest BCUT2D eigenvalue weighted by Crippen LogP contribution is 2.47. The molecule has 0 spiro atoms. The Morgan fingerprint density at radius 2 is 1.72 bits per heavy atom. The van der Waals surface area contributed by atoms with Gasteiger partial charge >= 0.3 is 0 Å². The zero-order chi connectivity index (χ0) is 22.2. The topological polar surface area (TPSA) is 47.9 Å². The summed E-state index contributed by atoms with van der Waals surface area (Å²) in [6, 6.07) is 11.3. The van der Waals surface area contributed by atoms with Gasteiger partial charge in [0.25, 0.3) is 5.91 Å². The molecule has 1 amide bonds. The minimum absolute atomic E-state index is 0.0334. The van der Waals surface area contributed by atoms with Gasteiger partial charge < -0.3 is 0 Å². The highest BCUT2D eigenvalue weighted by atomic mass is 35.5. The van der Waals surface area contributed by atoms with Gasteiger partial charge in [-0.25, -0.2) is 5.01 Å². The molecule has 2 heterocycles. The molecule has 1 N–H and O–H groups in total. The van der Waals surface area contributed by atoms with Crippen molar-refractivity contribution in [1.29, 1.82) is 0 Å². The Morgan fingerprint density at radius 3 is 2.50 bits per heavy atom. The van der Waals surface area contributed by atoms with Crippen molar-refractivity contribution in [1.82, 2.24) is 10.4 Å². The summed E-state index contributed by atoms with van der Waals surface area (Å²) in [6.07, 6.45) is 6.16. The molecule has 168 valence electrons. The first-order valence-corrected chi connectivity index (χ1v) is 12.3. The molecule has 2 aromatic rings. The molecule has 2 unspecified atom stereocenters. The van der Waals surface area contributed by atoms with Crippen LogP contribution in [0, 0.1) is 5.92 Å². The number of benzene rings is 2. The van der Waals surface area contributed by atoms with Gasteiger partial charge in [0.2, 0.25) is 0 Å². The quantitative estimate of drug-likeness (QED) is 0.570. The summed E-state index contributed by atoms with van der Waals surface area (Å²) in [4.78, 5) is 13.4. The molecular formula is C24H25Cl3N4O. The van der Waals surface area contributed by atoms with Gasteiger partial charge in [0, 0.05) is 29.1 Å². The van der Waals surface area contributed by atoms with Crippen molar-refractivity contribution in [2.75, 3.05) is 18.1 Å². The van der Waals surface area contributed by atoms with E-state index in [0.29, 0.717) is 15.8 Å². The zero-order valence-electron chi connectivity index (χ0n) is 17.7. The first kappa shape index (κ1) is 22.0. The number of anilines is 1. The molecule has 1 saturated heterocycles. The SMILES string of the molecule is O=C(NN1CCCCC1)C1=NN(c2ccc(Cl)cc2Cl)C2c3ccc(Cl)cc3CCCC12. The van der Waals surface area contributed by atoms with Crippen LogP contribution in [0.2, 0.25) is 15.1 Å². The Balaban J connectivity index is 1.55. The smallest absolute Gasteiger partial charge is 0.282 e. The van der Waals surface area contributed by atoms with E-state index in [0.717, 1.165) is 61.5 Å². The second-order valence-electron chi connectivity index (χ2n) is 8.70. The van der Waals surface area contributed by atoms with Crippen LogP contribution in [0.5, 0.6) is 0 Å². The number of hydrogen-bond acceptors (Lipinski definition) is 4. The van der Waals surface area contributed by atoms with Crippen LogP contribution in [0.15, 0.2) is 41.5 Å². The van der Waals surface area contributed by atoms with E-state index >= 15 is 0 Å². The number of amides is 1. The molecule has 2 aromatic carbocycles. The van der Waals surface area contributed by atoms with Gasteiger partial charge in [-0.3, -0.25) is 15.2 Å². The van der Waals surface area contributed by atoms with Crippen LogP contribution in [-0.2, 0) is 11.2 Å². The number of nitrogens with one attached hydrogen (secondary N) is 1. The van der Waals surface area contributed by atoms with Crippen LogP contribution < -0.4 is 10.4 Å².